The largest absolute Gasteiger partial charge is 0.504 e. The molecule has 2 saturated heterocycles. The number of aryl methyl sites for hydroxylation is 2. The number of nitrogens with one attached hydrogen (secondary N) is 2. The first-order valence-corrected chi connectivity index (χ1v) is 29.4. The van der Waals surface area contributed by atoms with Crippen LogP contribution in [-0.4, -0.2) is 150 Å². The monoisotopic (exact) mass is 1170 g/mol. The van der Waals surface area contributed by atoms with E-state index in [0.717, 1.165) is 55.6 Å². The molecule has 5 N–H and O–H groups in total. The maximum atomic E-state index is 12.8. The molecule has 4 aromatic rings. The van der Waals surface area contributed by atoms with E-state index < -0.39 is 36.3 Å². The molecule has 2 unspecified atom stereocenters. The number of nitriles is 1. The van der Waals surface area contributed by atoms with Crippen LogP contribution in [0.2, 0.25) is 0 Å². The molecule has 22 heteroatoms. The lowest BCUT2D eigenvalue weighted by molar-refractivity contribution is -0.172. The molecule has 10 atom stereocenters. The summed E-state index contributed by atoms with van der Waals surface area (Å²) in [6.07, 6.45) is 3.16. The van der Waals surface area contributed by atoms with Gasteiger partial charge in [-0.15, -0.1) is 0 Å². The Labute approximate surface area is 494 Å². The number of phenols is 2. The van der Waals surface area contributed by atoms with Crippen molar-refractivity contribution in [3.63, 3.8) is 0 Å². The molecule has 2 amide bonds. The molecule has 0 aromatic heterocycles. The lowest BCUT2D eigenvalue weighted by Gasteiger charge is -2.60. The predicted octanol–water partition coefficient (Wildman–Crippen LogP) is 6.14. The van der Waals surface area contributed by atoms with E-state index >= 15 is 0 Å². The molecule has 8 aliphatic rings. The lowest BCUT2D eigenvalue weighted by Crippen LogP contribution is -2.69. The number of benzene rings is 4. The number of carbonyl (C=O) groups excluding carboxylic acids is 4. The second kappa shape index (κ2) is 23.0. The minimum Gasteiger partial charge on any atom is -0.504 e. The van der Waals surface area contributed by atoms with Crippen LogP contribution >= 0.6 is 0 Å². The van der Waals surface area contributed by atoms with Crippen molar-refractivity contribution in [1.82, 2.24) is 30.2 Å². The fourth-order valence-electron chi connectivity index (χ4n) is 15.5. The highest BCUT2D eigenvalue weighted by Crippen LogP contribution is 2.61. The third-order valence-electron chi connectivity index (χ3n) is 18.8. The quantitative estimate of drug-likeness (QED) is 0.0787. The van der Waals surface area contributed by atoms with Crippen molar-refractivity contribution in [3.05, 3.63) is 78.9 Å². The molecule has 8 heterocycles. The number of aliphatic hydroxyl groups excluding tert-OH is 1. The highest BCUT2D eigenvalue weighted by atomic mass is 16.7. The number of amides is 2. The van der Waals surface area contributed by atoms with E-state index in [0.29, 0.717) is 108 Å². The van der Waals surface area contributed by atoms with E-state index in [-0.39, 0.29) is 86.2 Å². The zero-order chi connectivity index (χ0) is 60.8. The first kappa shape index (κ1) is 59.2. The summed E-state index contributed by atoms with van der Waals surface area (Å²) in [6, 6.07) is 3.38. The van der Waals surface area contributed by atoms with Crippen LogP contribution in [0.5, 0.6) is 57.5 Å². The number of methoxy groups -OCH3 is 2. The van der Waals surface area contributed by atoms with Gasteiger partial charge in [-0.1, -0.05) is 26.0 Å². The number of likely N-dealkylation sites (N-methyl/N-ethyl adjacent to an activating group) is 2. The number of hydrogen-bond acceptors (Lipinski definition) is 20. The molecule has 4 aromatic carbocycles. The number of phenolic OH excluding ortho intramolecular Hbond substituents is 2. The van der Waals surface area contributed by atoms with Gasteiger partial charge in [-0.2, -0.15) is 5.26 Å². The van der Waals surface area contributed by atoms with Crippen molar-refractivity contribution in [2.45, 2.75) is 167 Å². The normalized spacial score (nSPS) is 25.5. The van der Waals surface area contributed by atoms with Crippen molar-refractivity contribution < 1.29 is 72.4 Å². The van der Waals surface area contributed by atoms with Crippen molar-refractivity contribution in [1.29, 1.82) is 5.26 Å². The van der Waals surface area contributed by atoms with E-state index in [1.807, 2.05) is 66.6 Å². The summed E-state index contributed by atoms with van der Waals surface area (Å²) in [5.74, 6) is 2.88. The minimum atomic E-state index is -0.897. The van der Waals surface area contributed by atoms with Crippen LogP contribution in [0.3, 0.4) is 0 Å². The van der Waals surface area contributed by atoms with Crippen molar-refractivity contribution in [3.8, 4) is 63.6 Å². The average Bonchev–Trinajstić information content (AvgIpc) is 1.29. The van der Waals surface area contributed by atoms with Gasteiger partial charge >= 0.3 is 11.9 Å². The number of ether oxygens (including phenoxy) is 8. The molecule has 12 rings (SSSR count). The molecule has 0 spiro atoms. The van der Waals surface area contributed by atoms with Crippen molar-refractivity contribution in [2.24, 2.45) is 0 Å². The average molecular weight is 1170 g/mol. The highest BCUT2D eigenvalue weighted by Gasteiger charge is 2.59. The number of esters is 2. The van der Waals surface area contributed by atoms with Gasteiger partial charge in [0.1, 0.15) is 23.8 Å². The van der Waals surface area contributed by atoms with Gasteiger partial charge in [-0.05, 0) is 103 Å². The Bertz CT molecular complexity index is 3450. The fraction of sp³-hybridized carbons (Fsp3) is 0.540. The fourth-order valence-corrected chi connectivity index (χ4v) is 15.5. The van der Waals surface area contributed by atoms with Crippen LogP contribution in [-0.2, 0) is 44.9 Å². The first-order chi connectivity index (χ1) is 40.7. The van der Waals surface area contributed by atoms with E-state index in [9.17, 15) is 39.8 Å². The summed E-state index contributed by atoms with van der Waals surface area (Å²) in [4.78, 5) is 58.8. The molecule has 0 aliphatic carbocycles. The van der Waals surface area contributed by atoms with Crippen LogP contribution in [0.1, 0.15) is 144 Å². The van der Waals surface area contributed by atoms with Crippen LogP contribution < -0.4 is 48.5 Å². The molecule has 0 radical (unpaired) electrons. The molecule has 85 heavy (non-hydrogen) atoms. The van der Waals surface area contributed by atoms with Gasteiger partial charge in [0.05, 0.1) is 50.5 Å². The number of carbonyl (C=O) groups is 4. The number of hydrogen-bond donors (Lipinski definition) is 5. The number of piperazine rings is 2. The molecule has 0 saturated carbocycles. The molecule has 2 fully saturated rings. The van der Waals surface area contributed by atoms with E-state index in [4.69, 9.17) is 37.9 Å². The Kier molecular flexibility index (Phi) is 16.0. The van der Waals surface area contributed by atoms with Gasteiger partial charge in [0.15, 0.2) is 46.0 Å². The first-order valence-electron chi connectivity index (χ1n) is 29.4. The third kappa shape index (κ3) is 9.57. The van der Waals surface area contributed by atoms with Gasteiger partial charge in [-0.25, -0.2) is 0 Å². The number of aromatic hydroxyl groups is 2. The summed E-state index contributed by atoms with van der Waals surface area (Å²) < 4.78 is 46.7. The summed E-state index contributed by atoms with van der Waals surface area (Å²) in [7, 11) is 7.06. The smallest absolute Gasteiger partial charge is 0.308 e. The van der Waals surface area contributed by atoms with E-state index in [2.05, 4.69) is 37.5 Å². The molecular formula is C63H77N7O15. The second-order valence-electron chi connectivity index (χ2n) is 23.6. The number of nitrogens with zero attached hydrogens (tertiary/aromatic N) is 5. The summed E-state index contributed by atoms with van der Waals surface area (Å²) in [5.41, 5.74) is 9.53. The second-order valence-corrected chi connectivity index (χ2v) is 23.6. The molecule has 454 valence electrons. The van der Waals surface area contributed by atoms with Crippen molar-refractivity contribution in [2.75, 3.05) is 55.0 Å². The van der Waals surface area contributed by atoms with Crippen LogP contribution in [0, 0.1) is 39.0 Å². The van der Waals surface area contributed by atoms with Crippen molar-refractivity contribution >= 4 is 23.8 Å². The van der Waals surface area contributed by atoms with Crippen LogP contribution in [0.15, 0.2) is 12.1 Å². The predicted molar refractivity (Wildman–Crippen MR) is 307 cm³/mol. The Morgan fingerprint density at radius 1 is 0.612 bits per heavy atom. The highest BCUT2D eigenvalue weighted by molar-refractivity contribution is 5.78. The summed E-state index contributed by atoms with van der Waals surface area (Å²) in [6.45, 7) is 14.6. The topological polar surface area (TPSA) is 264 Å². The Balaban J connectivity index is 0.000000177. The van der Waals surface area contributed by atoms with Crippen LogP contribution in [0.25, 0.3) is 0 Å². The van der Waals surface area contributed by atoms with E-state index in [1.54, 1.807) is 14.2 Å². The van der Waals surface area contributed by atoms with Gasteiger partial charge in [0, 0.05) is 102 Å². The number of fused-ring (bicyclic) bond motifs is 18. The zero-order valence-corrected chi connectivity index (χ0v) is 50.4. The summed E-state index contributed by atoms with van der Waals surface area (Å²) >= 11 is 0. The molecule has 22 nitrogen and oxygen atoms in total. The van der Waals surface area contributed by atoms with Crippen LogP contribution in [0.4, 0.5) is 0 Å². The van der Waals surface area contributed by atoms with E-state index in [1.165, 1.54) is 13.8 Å². The van der Waals surface area contributed by atoms with Gasteiger partial charge in [0.2, 0.25) is 25.4 Å². The Morgan fingerprint density at radius 2 is 1.02 bits per heavy atom. The Morgan fingerprint density at radius 3 is 1.45 bits per heavy atom. The van der Waals surface area contributed by atoms with Gasteiger partial charge in [-0.3, -0.25) is 38.8 Å². The standard InChI is InChI=1S/C32H38N4O7.C31H39N3O8/c1-7-8-24(38)34-13-23-26-19(30(43-17(4)37)16(3)31-32(26)42-14-41-31)11-21-27-25-18(9-15(2)29(40-6)28(25)39)10-20(35(27)5)22(12-33)36(21)23;1-7-8-22(36)32-12-21-24-18(28(42-16(4)35)15(3)29-30(24)41-13-40-29)11-19-25-23-17(9-14(2)27(39-6)26(23)37)10-20(33(25)5)31(38)34(19)21/h9,20-23,27,39H,7-8,10-11,13-14H2,1-6H3,(H,34,38);9,19-21,25,31,37-38H,7-8,10-13H2,1-6H3,(H,32,36)/t20-,21?,22-,23-,27-;19?,20-,21-,25-,31-/m00/s1. The maximum Gasteiger partial charge on any atom is 0.308 e. The number of rotatable bonds is 12. The van der Waals surface area contributed by atoms with Gasteiger partial charge in [0.25, 0.3) is 0 Å². The molecule has 8 aliphatic heterocycles. The summed E-state index contributed by atoms with van der Waals surface area (Å²) in [5, 5.41) is 52.1. The molecular weight excluding hydrogens is 1090 g/mol. The molecule has 4 bridgehead atoms. The Hall–Kier alpha value is -7.55. The SMILES string of the molecule is CCCC(=O)NC[C@H]1c2c(c(OC(C)=O)c(C)c3c2OCO3)CC2[C@H]3c4c(cc(C)c(OC)c4O)C[C@@H]([C@H](C#N)N21)N3C.CCCC(=O)NC[C@H]1c2c(c(OC(C)=O)c(C)c3c2OCO3)CC2[C@H]3c4c(cc(C)c(OC)c4O)C[C@@H]([C@H](O)N21)N3C. The lowest BCUT2D eigenvalue weighted by atomic mass is 9.71. The maximum absolute atomic E-state index is 12.8. The zero-order valence-electron chi connectivity index (χ0n) is 50.4. The third-order valence-corrected chi connectivity index (χ3v) is 18.8. The minimum absolute atomic E-state index is 0.0144. The number of aliphatic hydroxyl groups is 1. The van der Waals surface area contributed by atoms with Gasteiger partial charge < -0.3 is 63.8 Å².